The van der Waals surface area contributed by atoms with Gasteiger partial charge in [-0.1, -0.05) is 315 Å². The van der Waals surface area contributed by atoms with Gasteiger partial charge in [-0.2, -0.15) is 0 Å². The summed E-state index contributed by atoms with van der Waals surface area (Å²) in [7, 11) is 0. The van der Waals surface area contributed by atoms with Crippen LogP contribution in [0.15, 0.2) is 188 Å². The van der Waals surface area contributed by atoms with Crippen LogP contribution in [0, 0.1) is 0 Å². The van der Waals surface area contributed by atoms with Crippen LogP contribution in [0.2, 0.25) is 0 Å². The highest BCUT2D eigenvalue weighted by atomic mass is 16.3. The fourth-order valence-corrected chi connectivity index (χ4v) is 9.12. The third kappa shape index (κ3) is 19.0. The molecule has 0 unspecified atom stereocenters. The van der Waals surface area contributed by atoms with Crippen molar-refractivity contribution in [3.8, 4) is 0 Å². The average Bonchev–Trinajstić information content (AvgIpc) is 4.50. The Morgan fingerprint density at radius 2 is 0.524 bits per heavy atom. The summed E-state index contributed by atoms with van der Waals surface area (Å²) in [6.07, 6.45) is 0. The first-order chi connectivity index (χ1) is 40.3. The van der Waals surface area contributed by atoms with Crippen molar-refractivity contribution < 1.29 is 17.7 Å². The van der Waals surface area contributed by atoms with E-state index in [1.54, 1.807) is 0 Å². The van der Waals surface area contributed by atoms with Gasteiger partial charge >= 0.3 is 0 Å². The second-order valence-corrected chi connectivity index (χ2v) is 22.2. The SMILES string of the molecule is CC.CC.CC.CC.CC.CC.CC.CC.CC(C)(C)c1ccc2c(c1)oc1ccccc12.CC(C)(C)c1ccc2oc3ccccc3c2c1.CC(C)(C)c1cccc2c1oc1ccccc12.CC(C)(C)c1cccc2oc3ccccc3c12. The molecule has 4 aromatic heterocycles. The van der Waals surface area contributed by atoms with E-state index in [1.807, 2.05) is 165 Å². The lowest BCUT2D eigenvalue weighted by atomic mass is 9.84. The summed E-state index contributed by atoms with van der Waals surface area (Å²) in [4.78, 5) is 0. The zero-order valence-electron chi connectivity index (χ0n) is 57.8. The molecule has 12 rings (SSSR count). The first kappa shape index (κ1) is 75.0. The van der Waals surface area contributed by atoms with Crippen LogP contribution in [0.25, 0.3) is 87.8 Å². The van der Waals surface area contributed by atoms with Gasteiger partial charge in [0, 0.05) is 48.7 Å². The Kier molecular flexibility index (Phi) is 32.1. The van der Waals surface area contributed by atoms with Gasteiger partial charge < -0.3 is 17.7 Å². The number of fused-ring (bicyclic) bond motifs is 12. The highest BCUT2D eigenvalue weighted by Gasteiger charge is 2.22. The highest BCUT2D eigenvalue weighted by molar-refractivity contribution is 6.08. The van der Waals surface area contributed by atoms with Gasteiger partial charge in [0.1, 0.15) is 44.7 Å². The molecule has 12 aromatic rings. The first-order valence-corrected chi connectivity index (χ1v) is 31.9. The molecule has 0 fully saturated rings. The topological polar surface area (TPSA) is 52.6 Å². The van der Waals surface area contributed by atoms with E-state index in [1.165, 1.54) is 65.3 Å². The molecule has 84 heavy (non-hydrogen) atoms. The van der Waals surface area contributed by atoms with Crippen LogP contribution in [0.4, 0.5) is 0 Å². The number of hydrogen-bond acceptors (Lipinski definition) is 4. The van der Waals surface area contributed by atoms with Crippen molar-refractivity contribution in [2.45, 2.75) is 216 Å². The van der Waals surface area contributed by atoms with E-state index in [2.05, 4.69) is 198 Å². The molecule has 0 bridgehead atoms. The second kappa shape index (κ2) is 36.0. The van der Waals surface area contributed by atoms with Gasteiger partial charge in [-0.05, 0) is 86.9 Å². The quantitative estimate of drug-likeness (QED) is 0.152. The summed E-state index contributed by atoms with van der Waals surface area (Å²) in [5.74, 6) is 0. The Morgan fingerprint density at radius 1 is 0.214 bits per heavy atom. The molecular weight excluding hydrogens is 1020 g/mol. The van der Waals surface area contributed by atoms with Crippen molar-refractivity contribution in [1.29, 1.82) is 0 Å². The van der Waals surface area contributed by atoms with Crippen LogP contribution in [0.3, 0.4) is 0 Å². The summed E-state index contributed by atoms with van der Waals surface area (Å²) < 4.78 is 23.6. The van der Waals surface area contributed by atoms with Crippen LogP contribution >= 0.6 is 0 Å². The number of rotatable bonds is 0. The van der Waals surface area contributed by atoms with Crippen LogP contribution in [0.1, 0.15) is 216 Å². The molecule has 0 N–H and O–H groups in total. The van der Waals surface area contributed by atoms with E-state index >= 15 is 0 Å². The highest BCUT2D eigenvalue weighted by Crippen LogP contribution is 2.39. The predicted molar refractivity (Wildman–Crippen MR) is 380 cm³/mol. The summed E-state index contributed by atoms with van der Waals surface area (Å²) in [6, 6.07) is 58.6. The Balaban J connectivity index is 0.000000517. The van der Waals surface area contributed by atoms with Crippen molar-refractivity contribution in [2.75, 3.05) is 0 Å². The number of hydrogen-bond donors (Lipinski definition) is 0. The van der Waals surface area contributed by atoms with E-state index in [0.29, 0.717) is 0 Å². The third-order valence-electron chi connectivity index (χ3n) is 12.9. The Morgan fingerprint density at radius 3 is 1.00 bits per heavy atom. The average molecular weight is 1140 g/mol. The third-order valence-corrected chi connectivity index (χ3v) is 12.9. The van der Waals surface area contributed by atoms with E-state index < -0.39 is 0 Å². The summed E-state index contributed by atoms with van der Waals surface area (Å²) >= 11 is 0. The van der Waals surface area contributed by atoms with Gasteiger partial charge in [0.15, 0.2) is 0 Å². The van der Waals surface area contributed by atoms with Gasteiger partial charge in [0.25, 0.3) is 0 Å². The van der Waals surface area contributed by atoms with Crippen LogP contribution in [-0.4, -0.2) is 0 Å². The summed E-state index contributed by atoms with van der Waals surface area (Å²) in [5.41, 5.74) is 13.7. The van der Waals surface area contributed by atoms with Gasteiger partial charge in [0.2, 0.25) is 0 Å². The number of para-hydroxylation sites is 5. The van der Waals surface area contributed by atoms with Crippen LogP contribution in [0.5, 0.6) is 0 Å². The van der Waals surface area contributed by atoms with Gasteiger partial charge in [-0.3, -0.25) is 0 Å². The smallest absolute Gasteiger partial charge is 0.139 e. The maximum atomic E-state index is 6.01. The van der Waals surface area contributed by atoms with E-state index in [0.717, 1.165) is 44.7 Å². The minimum Gasteiger partial charge on any atom is -0.456 e. The molecule has 4 heterocycles. The molecule has 456 valence electrons. The minimum absolute atomic E-state index is 0.105. The zero-order chi connectivity index (χ0) is 64.2. The monoisotopic (exact) mass is 1140 g/mol. The van der Waals surface area contributed by atoms with Crippen LogP contribution < -0.4 is 0 Å². The lowest BCUT2D eigenvalue weighted by Crippen LogP contribution is -2.11. The Hall–Kier alpha value is -7.04. The molecular formula is C80H112O4. The molecule has 0 spiro atoms. The Labute approximate surface area is 510 Å². The fraction of sp³-hybridized carbons (Fsp3) is 0.400. The molecule has 0 radical (unpaired) electrons. The Bertz CT molecular complexity index is 3700. The van der Waals surface area contributed by atoms with Gasteiger partial charge in [-0.25, -0.2) is 0 Å². The molecule has 0 aliphatic heterocycles. The molecule has 0 amide bonds. The summed E-state index contributed by atoms with van der Waals surface area (Å²) in [6.45, 7) is 58.7. The van der Waals surface area contributed by atoms with E-state index in [9.17, 15) is 0 Å². The molecule has 0 saturated carbocycles. The molecule has 4 nitrogen and oxygen atoms in total. The first-order valence-electron chi connectivity index (χ1n) is 31.9. The number of furan rings is 4. The zero-order valence-corrected chi connectivity index (χ0v) is 57.8. The molecule has 0 saturated heterocycles. The fourth-order valence-electron chi connectivity index (χ4n) is 9.12. The standard InChI is InChI=1S/4C16H16O.8C2H6/c1-16(2,3)13-9-6-8-12-11-7-4-5-10-14(11)17-15(12)13;1-16(2,3)12-8-6-10-14-15(12)11-7-4-5-9-13(11)17-14;1-16(2,3)11-8-9-15-13(10-11)12-6-4-5-7-14(12)17-15;1-16(2,3)11-8-9-13-12-6-4-5-7-14(12)17-15(13)10-11;8*1-2/h4*4-10H,1-3H3;8*1-2H3. The maximum absolute atomic E-state index is 6.01. The number of benzene rings is 8. The maximum Gasteiger partial charge on any atom is 0.139 e. The summed E-state index contributed by atoms with van der Waals surface area (Å²) in [5, 5.41) is 9.71. The molecule has 0 aliphatic carbocycles. The molecule has 4 heteroatoms. The van der Waals surface area contributed by atoms with Crippen molar-refractivity contribution in [2.24, 2.45) is 0 Å². The van der Waals surface area contributed by atoms with E-state index in [4.69, 9.17) is 17.7 Å². The predicted octanol–water partition coefficient (Wildman–Crippen LogP) is 27.7. The van der Waals surface area contributed by atoms with Crippen molar-refractivity contribution >= 4 is 87.8 Å². The largest absolute Gasteiger partial charge is 0.456 e. The lowest BCUT2D eigenvalue weighted by Gasteiger charge is -2.19. The second-order valence-electron chi connectivity index (χ2n) is 22.2. The van der Waals surface area contributed by atoms with Crippen molar-refractivity contribution in [3.05, 3.63) is 192 Å². The van der Waals surface area contributed by atoms with Crippen LogP contribution in [-0.2, 0) is 21.7 Å². The lowest BCUT2D eigenvalue weighted by molar-refractivity contribution is 0.573. The molecule has 0 atom stereocenters. The van der Waals surface area contributed by atoms with Crippen molar-refractivity contribution in [1.82, 2.24) is 0 Å². The minimum atomic E-state index is 0.105. The van der Waals surface area contributed by atoms with Crippen molar-refractivity contribution in [3.63, 3.8) is 0 Å². The van der Waals surface area contributed by atoms with Gasteiger partial charge in [0.05, 0.1) is 0 Å². The molecule has 8 aromatic carbocycles. The molecule has 0 aliphatic rings. The normalized spacial score (nSPS) is 10.6. The van der Waals surface area contributed by atoms with Gasteiger partial charge in [-0.15, -0.1) is 0 Å². The van der Waals surface area contributed by atoms with E-state index in [-0.39, 0.29) is 21.7 Å².